The lowest BCUT2D eigenvalue weighted by atomic mass is 10.3. The zero-order chi connectivity index (χ0) is 14.5. The van der Waals surface area contributed by atoms with Crippen LogP contribution in [-0.4, -0.2) is 28.1 Å². The summed E-state index contributed by atoms with van der Waals surface area (Å²) >= 11 is 0. The summed E-state index contributed by atoms with van der Waals surface area (Å²) in [6.45, 7) is 2.55. The SMILES string of the molecule is CCCNC(=O)c1cc(NC(=O)c2ccco2)n(C)n1. The molecule has 0 aliphatic rings. The van der Waals surface area contributed by atoms with Crippen molar-refractivity contribution in [1.29, 1.82) is 0 Å². The molecule has 2 aromatic rings. The molecule has 7 heteroatoms. The second-order valence-corrected chi connectivity index (χ2v) is 4.23. The smallest absolute Gasteiger partial charge is 0.292 e. The van der Waals surface area contributed by atoms with E-state index in [9.17, 15) is 9.59 Å². The number of amides is 2. The van der Waals surface area contributed by atoms with Gasteiger partial charge in [-0.05, 0) is 18.6 Å². The summed E-state index contributed by atoms with van der Waals surface area (Å²) in [6, 6.07) is 4.70. The van der Waals surface area contributed by atoms with Crippen LogP contribution in [0.15, 0.2) is 28.9 Å². The zero-order valence-corrected chi connectivity index (χ0v) is 11.3. The van der Waals surface area contributed by atoms with Gasteiger partial charge in [-0.15, -0.1) is 0 Å². The van der Waals surface area contributed by atoms with E-state index in [0.717, 1.165) is 6.42 Å². The molecule has 2 aromatic heterocycles. The monoisotopic (exact) mass is 276 g/mol. The summed E-state index contributed by atoms with van der Waals surface area (Å²) in [5.41, 5.74) is 0.260. The Morgan fingerprint density at radius 3 is 2.85 bits per heavy atom. The first-order valence-electron chi connectivity index (χ1n) is 6.29. The largest absolute Gasteiger partial charge is 0.459 e. The van der Waals surface area contributed by atoms with Gasteiger partial charge in [0.05, 0.1) is 6.26 Å². The maximum atomic E-state index is 11.8. The lowest BCUT2D eigenvalue weighted by Crippen LogP contribution is -2.24. The molecule has 20 heavy (non-hydrogen) atoms. The first kappa shape index (κ1) is 13.9. The highest BCUT2D eigenvalue weighted by Crippen LogP contribution is 2.11. The van der Waals surface area contributed by atoms with Crippen molar-refractivity contribution in [2.75, 3.05) is 11.9 Å². The van der Waals surface area contributed by atoms with Crippen LogP contribution in [0, 0.1) is 0 Å². The van der Waals surface area contributed by atoms with Crippen LogP contribution >= 0.6 is 0 Å². The van der Waals surface area contributed by atoms with E-state index in [1.807, 2.05) is 6.92 Å². The molecule has 0 aromatic carbocycles. The predicted molar refractivity (Wildman–Crippen MR) is 72.5 cm³/mol. The summed E-state index contributed by atoms with van der Waals surface area (Å²) < 4.78 is 6.43. The van der Waals surface area contributed by atoms with Crippen molar-refractivity contribution in [3.05, 3.63) is 35.9 Å². The van der Waals surface area contributed by atoms with Crippen LogP contribution in [0.1, 0.15) is 34.4 Å². The quantitative estimate of drug-likeness (QED) is 0.864. The number of rotatable bonds is 5. The highest BCUT2D eigenvalue weighted by atomic mass is 16.3. The van der Waals surface area contributed by atoms with Gasteiger partial charge in [-0.3, -0.25) is 14.3 Å². The van der Waals surface area contributed by atoms with Gasteiger partial charge in [0.25, 0.3) is 11.8 Å². The minimum absolute atomic E-state index is 0.197. The summed E-state index contributed by atoms with van der Waals surface area (Å²) in [7, 11) is 1.65. The molecule has 0 aliphatic carbocycles. The Kier molecular flexibility index (Phi) is 4.19. The van der Waals surface area contributed by atoms with Gasteiger partial charge in [-0.2, -0.15) is 5.10 Å². The number of nitrogens with zero attached hydrogens (tertiary/aromatic N) is 2. The highest BCUT2D eigenvalue weighted by molar-refractivity contribution is 6.02. The zero-order valence-electron chi connectivity index (χ0n) is 11.3. The molecular weight excluding hydrogens is 260 g/mol. The van der Waals surface area contributed by atoms with Crippen LogP contribution in [0.2, 0.25) is 0 Å². The maximum absolute atomic E-state index is 11.8. The normalized spacial score (nSPS) is 10.3. The fourth-order valence-corrected chi connectivity index (χ4v) is 1.61. The summed E-state index contributed by atoms with van der Waals surface area (Å²) in [4.78, 5) is 23.6. The summed E-state index contributed by atoms with van der Waals surface area (Å²) in [6.07, 6.45) is 2.27. The number of carbonyl (C=O) groups is 2. The van der Waals surface area contributed by atoms with E-state index >= 15 is 0 Å². The number of anilines is 1. The Hall–Kier alpha value is -2.57. The molecule has 0 saturated heterocycles. The fourth-order valence-electron chi connectivity index (χ4n) is 1.61. The third-order valence-electron chi connectivity index (χ3n) is 2.63. The average molecular weight is 276 g/mol. The van der Waals surface area contributed by atoms with Crippen molar-refractivity contribution >= 4 is 17.6 Å². The van der Waals surface area contributed by atoms with Gasteiger partial charge < -0.3 is 15.1 Å². The van der Waals surface area contributed by atoms with Gasteiger partial charge in [0, 0.05) is 19.7 Å². The Morgan fingerprint density at radius 1 is 1.40 bits per heavy atom. The van der Waals surface area contributed by atoms with E-state index in [2.05, 4.69) is 15.7 Å². The molecule has 0 bridgehead atoms. The number of carbonyl (C=O) groups excluding carboxylic acids is 2. The molecule has 2 heterocycles. The molecule has 2 N–H and O–H groups in total. The minimum atomic E-state index is -0.390. The van der Waals surface area contributed by atoms with Crippen LogP contribution in [-0.2, 0) is 7.05 Å². The first-order valence-corrected chi connectivity index (χ1v) is 6.29. The number of hydrogen-bond acceptors (Lipinski definition) is 4. The molecule has 0 radical (unpaired) electrons. The van der Waals surface area contributed by atoms with Gasteiger partial charge >= 0.3 is 0 Å². The Bertz CT molecular complexity index is 601. The van der Waals surface area contributed by atoms with E-state index in [0.29, 0.717) is 12.4 Å². The molecular formula is C13H16N4O3. The van der Waals surface area contributed by atoms with Crippen molar-refractivity contribution in [2.24, 2.45) is 7.05 Å². The van der Waals surface area contributed by atoms with Crippen LogP contribution < -0.4 is 10.6 Å². The highest BCUT2D eigenvalue weighted by Gasteiger charge is 2.15. The van der Waals surface area contributed by atoms with E-state index in [4.69, 9.17) is 4.42 Å². The second kappa shape index (κ2) is 6.05. The van der Waals surface area contributed by atoms with E-state index in [1.165, 1.54) is 17.0 Å². The van der Waals surface area contributed by atoms with Gasteiger partial charge in [0.1, 0.15) is 5.82 Å². The molecule has 7 nitrogen and oxygen atoms in total. The number of hydrogen-bond donors (Lipinski definition) is 2. The molecule has 0 atom stereocenters. The summed E-state index contributed by atoms with van der Waals surface area (Å²) in [5, 5.41) is 9.41. The Labute approximate surface area is 116 Å². The number of aromatic nitrogens is 2. The second-order valence-electron chi connectivity index (χ2n) is 4.23. The van der Waals surface area contributed by atoms with Gasteiger partial charge in [0.2, 0.25) is 0 Å². The van der Waals surface area contributed by atoms with Crippen molar-refractivity contribution in [2.45, 2.75) is 13.3 Å². The first-order chi connectivity index (χ1) is 9.61. The van der Waals surface area contributed by atoms with Gasteiger partial charge in [0.15, 0.2) is 11.5 Å². The lowest BCUT2D eigenvalue weighted by Gasteiger charge is -2.01. The van der Waals surface area contributed by atoms with Crippen LogP contribution in [0.3, 0.4) is 0 Å². The van der Waals surface area contributed by atoms with Crippen molar-refractivity contribution in [1.82, 2.24) is 15.1 Å². The maximum Gasteiger partial charge on any atom is 0.292 e. The van der Waals surface area contributed by atoms with E-state index in [-0.39, 0.29) is 17.4 Å². The van der Waals surface area contributed by atoms with Crippen LogP contribution in [0.4, 0.5) is 5.82 Å². The molecule has 0 fully saturated rings. The summed E-state index contributed by atoms with van der Waals surface area (Å²) in [5.74, 6) is -0.0318. The predicted octanol–water partition coefficient (Wildman–Crippen LogP) is 1.41. The average Bonchev–Trinajstić information content (AvgIpc) is 3.06. The standard InChI is InChI=1S/C13H16N4O3/c1-3-6-14-12(18)9-8-11(17(2)16-9)15-13(19)10-5-4-7-20-10/h4-5,7-8H,3,6H2,1-2H3,(H,14,18)(H,15,19). The number of aryl methyl sites for hydroxylation is 1. The molecule has 0 aliphatic heterocycles. The Balaban J connectivity index is 2.08. The molecule has 106 valence electrons. The molecule has 0 unspecified atom stereocenters. The van der Waals surface area contributed by atoms with Crippen molar-refractivity contribution < 1.29 is 14.0 Å². The third kappa shape index (κ3) is 3.05. The minimum Gasteiger partial charge on any atom is -0.459 e. The molecule has 0 spiro atoms. The van der Waals surface area contributed by atoms with E-state index in [1.54, 1.807) is 19.2 Å². The van der Waals surface area contributed by atoms with Gasteiger partial charge in [-0.25, -0.2) is 0 Å². The molecule has 2 rings (SSSR count). The topological polar surface area (TPSA) is 89.2 Å². The Morgan fingerprint density at radius 2 is 2.20 bits per heavy atom. The molecule has 0 saturated carbocycles. The van der Waals surface area contributed by atoms with Crippen LogP contribution in [0.5, 0.6) is 0 Å². The lowest BCUT2D eigenvalue weighted by molar-refractivity contribution is 0.0946. The number of furan rings is 1. The van der Waals surface area contributed by atoms with Gasteiger partial charge in [-0.1, -0.05) is 6.92 Å². The number of nitrogens with one attached hydrogen (secondary N) is 2. The third-order valence-corrected chi connectivity index (χ3v) is 2.63. The molecule has 2 amide bonds. The van der Waals surface area contributed by atoms with E-state index < -0.39 is 5.91 Å². The fraction of sp³-hybridized carbons (Fsp3) is 0.308. The van der Waals surface area contributed by atoms with Crippen molar-refractivity contribution in [3.63, 3.8) is 0 Å². The van der Waals surface area contributed by atoms with Crippen molar-refractivity contribution in [3.8, 4) is 0 Å². The van der Waals surface area contributed by atoms with Crippen LogP contribution in [0.25, 0.3) is 0 Å².